The first-order valence-corrected chi connectivity index (χ1v) is 9.61. The van der Waals surface area contributed by atoms with E-state index in [9.17, 15) is 4.79 Å². The van der Waals surface area contributed by atoms with E-state index in [1.165, 1.54) is 6.33 Å². The third-order valence-electron chi connectivity index (χ3n) is 5.03. The number of hydrogen-bond donors (Lipinski definition) is 4. The van der Waals surface area contributed by atoms with Gasteiger partial charge in [-0.15, -0.1) is 0 Å². The predicted octanol–water partition coefficient (Wildman–Crippen LogP) is 3.30. The van der Waals surface area contributed by atoms with Crippen molar-refractivity contribution in [1.29, 1.82) is 0 Å². The minimum absolute atomic E-state index is 0.134. The largest absolute Gasteiger partial charge is 0.388 e. The van der Waals surface area contributed by atoms with Crippen molar-refractivity contribution in [2.75, 3.05) is 30.9 Å². The Bertz CT molecular complexity index is 1040. The fourth-order valence-electron chi connectivity index (χ4n) is 3.44. The quantitative estimate of drug-likeness (QED) is 0.513. The fourth-order valence-corrected chi connectivity index (χ4v) is 3.44. The van der Waals surface area contributed by atoms with Crippen LogP contribution in [-0.4, -0.2) is 47.2 Å². The van der Waals surface area contributed by atoms with Crippen LogP contribution in [0.3, 0.4) is 0 Å². The summed E-state index contributed by atoms with van der Waals surface area (Å²) in [6, 6.07) is 7.83. The summed E-state index contributed by atoms with van der Waals surface area (Å²) in [5.74, 6) is 0.483. The Hall–Kier alpha value is -3.39. The Labute approximate surface area is 168 Å². The van der Waals surface area contributed by atoms with Gasteiger partial charge >= 0.3 is 0 Å². The molecule has 0 unspecified atom stereocenters. The molecule has 0 radical (unpaired) electrons. The second-order valence-corrected chi connectivity index (χ2v) is 6.91. The molecule has 4 rings (SSSR count). The molecule has 1 saturated heterocycles. The highest BCUT2D eigenvalue weighted by Crippen LogP contribution is 2.27. The number of nitrogens with one attached hydrogen (secondary N) is 4. The van der Waals surface area contributed by atoms with Gasteiger partial charge in [0.15, 0.2) is 0 Å². The van der Waals surface area contributed by atoms with Crippen LogP contribution in [0.5, 0.6) is 0 Å². The maximum absolute atomic E-state index is 12.6. The fraction of sp³-hybridized carbons (Fsp3) is 0.286. The van der Waals surface area contributed by atoms with Gasteiger partial charge in [-0.25, -0.2) is 9.97 Å². The van der Waals surface area contributed by atoms with Crippen LogP contribution in [0.2, 0.25) is 0 Å². The zero-order valence-corrected chi connectivity index (χ0v) is 16.3. The first-order valence-electron chi connectivity index (χ1n) is 9.61. The smallest absolute Gasteiger partial charge is 0.267 e. The SMILES string of the molecule is C=Cc1cc(Nc2ncnc3[nH]c(C(=O)NC4CCOCC4)cc23)ccc1NC. The van der Waals surface area contributed by atoms with Crippen molar-refractivity contribution in [2.45, 2.75) is 18.9 Å². The first kappa shape index (κ1) is 18.9. The van der Waals surface area contributed by atoms with Crippen molar-refractivity contribution >= 4 is 40.2 Å². The topological polar surface area (TPSA) is 104 Å². The summed E-state index contributed by atoms with van der Waals surface area (Å²) in [5, 5.41) is 10.3. The maximum Gasteiger partial charge on any atom is 0.267 e. The van der Waals surface area contributed by atoms with Gasteiger partial charge in [0.1, 0.15) is 23.5 Å². The van der Waals surface area contributed by atoms with Crippen molar-refractivity contribution in [2.24, 2.45) is 0 Å². The van der Waals surface area contributed by atoms with Gasteiger partial charge < -0.3 is 25.7 Å². The molecule has 3 aromatic rings. The molecular formula is C21H24N6O2. The number of aromatic nitrogens is 3. The number of hydrogen-bond acceptors (Lipinski definition) is 6. The molecule has 0 bridgehead atoms. The summed E-state index contributed by atoms with van der Waals surface area (Å²) >= 11 is 0. The Balaban J connectivity index is 1.58. The highest BCUT2D eigenvalue weighted by molar-refractivity contribution is 6.00. The molecule has 8 heteroatoms. The number of benzene rings is 1. The molecular weight excluding hydrogens is 368 g/mol. The summed E-state index contributed by atoms with van der Waals surface area (Å²) < 4.78 is 5.34. The zero-order chi connectivity index (χ0) is 20.2. The Morgan fingerprint density at radius 1 is 1.28 bits per heavy atom. The molecule has 150 valence electrons. The van der Waals surface area contributed by atoms with Crippen LogP contribution in [-0.2, 0) is 4.74 Å². The van der Waals surface area contributed by atoms with E-state index in [1.807, 2.05) is 25.2 Å². The van der Waals surface area contributed by atoms with Crippen LogP contribution in [0, 0.1) is 0 Å². The lowest BCUT2D eigenvalue weighted by atomic mass is 10.1. The van der Waals surface area contributed by atoms with E-state index in [2.05, 4.69) is 37.5 Å². The standard InChI is InChI=1S/C21H24N6O2/c1-3-13-10-15(4-5-17(13)22-2)25-19-16-11-18(27-20(16)24-12-23-19)21(28)26-14-6-8-29-9-7-14/h3-5,10-12,14,22H,1,6-9H2,2H3,(H,26,28)(H2,23,24,25,27). The molecule has 1 amide bonds. The Morgan fingerprint density at radius 2 is 2.10 bits per heavy atom. The van der Waals surface area contributed by atoms with Crippen LogP contribution in [0.1, 0.15) is 28.9 Å². The molecule has 0 saturated carbocycles. The van der Waals surface area contributed by atoms with Crippen LogP contribution in [0.15, 0.2) is 37.2 Å². The van der Waals surface area contributed by atoms with Crippen molar-refractivity contribution in [3.63, 3.8) is 0 Å². The minimum atomic E-state index is -0.145. The van der Waals surface area contributed by atoms with Gasteiger partial charge in [-0.05, 0) is 42.7 Å². The van der Waals surface area contributed by atoms with Gasteiger partial charge in [-0.2, -0.15) is 0 Å². The minimum Gasteiger partial charge on any atom is -0.388 e. The number of fused-ring (bicyclic) bond motifs is 1. The summed E-state index contributed by atoms with van der Waals surface area (Å²) in [7, 11) is 1.87. The monoisotopic (exact) mass is 392 g/mol. The van der Waals surface area contributed by atoms with Gasteiger partial charge in [-0.1, -0.05) is 12.7 Å². The summed E-state index contributed by atoms with van der Waals surface area (Å²) in [4.78, 5) is 24.3. The number of carbonyl (C=O) groups excluding carboxylic acids is 1. The average molecular weight is 392 g/mol. The predicted molar refractivity (Wildman–Crippen MR) is 115 cm³/mol. The number of ether oxygens (including phenoxy) is 1. The molecule has 0 atom stereocenters. The van der Waals surface area contributed by atoms with Crippen molar-refractivity contribution in [3.05, 3.63) is 48.4 Å². The summed E-state index contributed by atoms with van der Waals surface area (Å²) in [6.07, 6.45) is 4.92. The molecule has 0 aliphatic carbocycles. The summed E-state index contributed by atoms with van der Waals surface area (Å²) in [6.45, 7) is 5.21. The van der Waals surface area contributed by atoms with Crippen molar-refractivity contribution < 1.29 is 9.53 Å². The zero-order valence-electron chi connectivity index (χ0n) is 16.3. The highest BCUT2D eigenvalue weighted by Gasteiger charge is 2.19. The molecule has 3 heterocycles. The van der Waals surface area contributed by atoms with Gasteiger partial charge in [0, 0.05) is 37.7 Å². The number of anilines is 3. The molecule has 4 N–H and O–H groups in total. The van der Waals surface area contributed by atoms with Gasteiger partial charge in [0.05, 0.1) is 5.39 Å². The Morgan fingerprint density at radius 3 is 2.86 bits per heavy atom. The number of aromatic amines is 1. The average Bonchev–Trinajstić information content (AvgIpc) is 3.20. The molecule has 2 aromatic heterocycles. The van der Waals surface area contributed by atoms with Gasteiger partial charge in [0.25, 0.3) is 5.91 Å². The van der Waals surface area contributed by atoms with Crippen LogP contribution < -0.4 is 16.0 Å². The molecule has 1 aromatic carbocycles. The van der Waals surface area contributed by atoms with E-state index < -0.39 is 0 Å². The van der Waals surface area contributed by atoms with Crippen LogP contribution in [0.25, 0.3) is 17.1 Å². The molecule has 1 aliphatic heterocycles. The molecule has 1 fully saturated rings. The number of H-pyrrole nitrogens is 1. The number of amides is 1. The van der Waals surface area contributed by atoms with Crippen molar-refractivity contribution in [3.8, 4) is 0 Å². The summed E-state index contributed by atoms with van der Waals surface area (Å²) in [5.41, 5.74) is 3.91. The molecule has 29 heavy (non-hydrogen) atoms. The Kier molecular flexibility index (Phi) is 5.44. The first-order chi connectivity index (χ1) is 14.2. The van der Waals surface area contributed by atoms with Gasteiger partial charge in [0.2, 0.25) is 0 Å². The lowest BCUT2D eigenvalue weighted by Gasteiger charge is -2.22. The number of rotatable bonds is 6. The molecule has 1 aliphatic rings. The van der Waals surface area contributed by atoms with E-state index in [0.29, 0.717) is 30.4 Å². The third kappa shape index (κ3) is 4.07. The molecule has 0 spiro atoms. The second-order valence-electron chi connectivity index (χ2n) is 6.91. The van der Waals surface area contributed by atoms with E-state index in [-0.39, 0.29) is 11.9 Å². The van der Waals surface area contributed by atoms with Crippen LogP contribution in [0.4, 0.5) is 17.2 Å². The van der Waals surface area contributed by atoms with E-state index in [0.717, 1.165) is 35.2 Å². The molecule has 8 nitrogen and oxygen atoms in total. The normalized spacial score (nSPS) is 14.5. The number of nitrogens with zero attached hydrogens (tertiary/aromatic N) is 2. The van der Waals surface area contributed by atoms with Crippen molar-refractivity contribution in [1.82, 2.24) is 20.3 Å². The third-order valence-corrected chi connectivity index (χ3v) is 5.03. The van der Waals surface area contributed by atoms with Crippen LogP contribution >= 0.6 is 0 Å². The van der Waals surface area contributed by atoms with Gasteiger partial charge in [-0.3, -0.25) is 4.79 Å². The second kappa shape index (κ2) is 8.32. The van der Waals surface area contributed by atoms with E-state index in [4.69, 9.17) is 4.74 Å². The van der Waals surface area contributed by atoms with E-state index in [1.54, 1.807) is 12.1 Å². The lowest BCUT2D eigenvalue weighted by molar-refractivity contribution is 0.0694. The van der Waals surface area contributed by atoms with E-state index >= 15 is 0 Å². The maximum atomic E-state index is 12.6. The number of carbonyl (C=O) groups is 1. The highest BCUT2D eigenvalue weighted by atomic mass is 16.5. The lowest BCUT2D eigenvalue weighted by Crippen LogP contribution is -2.39.